The molecule has 0 saturated carbocycles. The summed E-state index contributed by atoms with van der Waals surface area (Å²) < 4.78 is 5.58. The molecule has 2 aromatic carbocycles. The summed E-state index contributed by atoms with van der Waals surface area (Å²) >= 11 is 6.28. The third kappa shape index (κ3) is 4.04. The van der Waals surface area contributed by atoms with Gasteiger partial charge in [0.2, 0.25) is 0 Å². The monoisotopic (exact) mass is 388 g/mol. The number of anilines is 1. The van der Waals surface area contributed by atoms with Crippen molar-refractivity contribution in [2.45, 2.75) is 24.9 Å². The van der Waals surface area contributed by atoms with Crippen LogP contribution in [0, 0.1) is 0 Å². The van der Waals surface area contributed by atoms with Gasteiger partial charge in [-0.1, -0.05) is 23.7 Å². The topological polar surface area (TPSA) is 53.0 Å². The lowest BCUT2D eigenvalue weighted by Gasteiger charge is -2.33. The molecule has 1 fully saturated rings. The molecule has 2 aromatic rings. The molecule has 3 rings (SSSR count). The fourth-order valence-electron chi connectivity index (χ4n) is 3.79. The summed E-state index contributed by atoms with van der Waals surface area (Å²) in [6.07, 6.45) is 1.50. The van der Waals surface area contributed by atoms with Crippen LogP contribution in [0.1, 0.15) is 30.0 Å². The maximum Gasteiger partial charge on any atom is 0.320 e. The molecular formula is C21H25ClN2O3. The summed E-state index contributed by atoms with van der Waals surface area (Å²) in [4.78, 5) is 15.9. The van der Waals surface area contributed by atoms with Gasteiger partial charge in [-0.15, -0.1) is 0 Å². The molecule has 1 aliphatic heterocycles. The number of hydrogen-bond donors (Lipinski definition) is 1. The molecule has 0 radical (unpaired) electrons. The Hall–Kier alpha value is -2.24. The maximum atomic E-state index is 11.8. The Balaban J connectivity index is 2.12. The molecule has 2 atom stereocenters. The first kappa shape index (κ1) is 19.5. The summed E-state index contributed by atoms with van der Waals surface area (Å²) in [7, 11) is 5.61. The lowest BCUT2D eigenvalue weighted by Crippen LogP contribution is -2.39. The van der Waals surface area contributed by atoms with E-state index < -0.39 is 12.0 Å². The van der Waals surface area contributed by atoms with Gasteiger partial charge in [0.1, 0.15) is 11.8 Å². The quantitative estimate of drug-likeness (QED) is 0.808. The number of carboxylic acid groups (broad SMARTS) is 1. The van der Waals surface area contributed by atoms with Crippen molar-refractivity contribution >= 4 is 23.3 Å². The maximum absolute atomic E-state index is 11.8. The van der Waals surface area contributed by atoms with Crippen LogP contribution in [0.4, 0.5) is 5.69 Å². The number of hydrogen-bond acceptors (Lipinski definition) is 4. The van der Waals surface area contributed by atoms with Gasteiger partial charge >= 0.3 is 5.97 Å². The van der Waals surface area contributed by atoms with E-state index in [0.717, 1.165) is 23.2 Å². The molecule has 2 unspecified atom stereocenters. The number of carbonyl (C=O) groups is 1. The van der Waals surface area contributed by atoms with Crippen LogP contribution in [0.15, 0.2) is 42.5 Å². The van der Waals surface area contributed by atoms with E-state index in [4.69, 9.17) is 16.3 Å². The molecule has 1 aliphatic rings. The highest BCUT2D eigenvalue weighted by Gasteiger charge is 2.38. The van der Waals surface area contributed by atoms with Crippen LogP contribution in [0.3, 0.4) is 0 Å². The van der Waals surface area contributed by atoms with Gasteiger partial charge in [0.05, 0.1) is 13.2 Å². The van der Waals surface area contributed by atoms with E-state index in [2.05, 4.69) is 12.1 Å². The fourth-order valence-corrected chi connectivity index (χ4v) is 3.97. The zero-order chi connectivity index (χ0) is 19.6. The van der Waals surface area contributed by atoms with Crippen molar-refractivity contribution in [1.29, 1.82) is 0 Å². The van der Waals surface area contributed by atoms with Gasteiger partial charge in [-0.25, -0.2) is 0 Å². The lowest BCUT2D eigenvalue weighted by atomic mass is 9.95. The second kappa shape index (κ2) is 8.19. The zero-order valence-electron chi connectivity index (χ0n) is 15.9. The summed E-state index contributed by atoms with van der Waals surface area (Å²) in [6.45, 7) is 0.715. The number of ether oxygens (including phenoxy) is 1. The average Bonchev–Trinajstić information content (AvgIpc) is 3.12. The van der Waals surface area contributed by atoms with Crippen LogP contribution >= 0.6 is 11.6 Å². The molecule has 0 aromatic heterocycles. The second-order valence-electron chi connectivity index (χ2n) is 7.01. The first-order chi connectivity index (χ1) is 12.9. The molecule has 1 saturated heterocycles. The Morgan fingerprint density at radius 1 is 1.26 bits per heavy atom. The Bertz CT molecular complexity index is 808. The van der Waals surface area contributed by atoms with Gasteiger partial charge in [0.25, 0.3) is 0 Å². The molecule has 0 aliphatic carbocycles. The van der Waals surface area contributed by atoms with Gasteiger partial charge in [-0.3, -0.25) is 9.69 Å². The standard InChI is InChI=1S/C21H25ClN2O3/c1-23(2)16-9-6-14(7-10-16)20(24-12-4-5-18(24)21(25)26)17-13-15(22)8-11-19(17)27-3/h6-11,13,18,20H,4-5,12H2,1-3H3,(H,25,26). The SMILES string of the molecule is COc1ccc(Cl)cc1C(c1ccc(N(C)C)cc1)N1CCCC1C(=O)O. The largest absolute Gasteiger partial charge is 0.496 e. The van der Waals surface area contributed by atoms with Gasteiger partial charge in [-0.05, 0) is 48.7 Å². The Morgan fingerprint density at radius 2 is 1.96 bits per heavy atom. The number of carboxylic acids is 1. The van der Waals surface area contributed by atoms with Crippen LogP contribution in [0.2, 0.25) is 5.02 Å². The van der Waals surface area contributed by atoms with Crippen molar-refractivity contribution < 1.29 is 14.6 Å². The van der Waals surface area contributed by atoms with Gasteiger partial charge in [0.15, 0.2) is 0 Å². The highest BCUT2D eigenvalue weighted by molar-refractivity contribution is 6.30. The first-order valence-corrected chi connectivity index (χ1v) is 9.39. The van der Waals surface area contributed by atoms with Crippen molar-refractivity contribution in [3.8, 4) is 5.75 Å². The molecule has 0 spiro atoms. The third-order valence-corrected chi connectivity index (χ3v) is 5.36. The van der Waals surface area contributed by atoms with Gasteiger partial charge in [0, 0.05) is 36.9 Å². The number of methoxy groups -OCH3 is 1. The Kier molecular flexibility index (Phi) is 5.92. The predicted molar refractivity (Wildman–Crippen MR) is 108 cm³/mol. The van der Waals surface area contributed by atoms with Crippen molar-refractivity contribution in [2.24, 2.45) is 0 Å². The number of nitrogens with zero attached hydrogens (tertiary/aromatic N) is 2. The number of benzene rings is 2. The van der Waals surface area contributed by atoms with Crippen LogP contribution in [0.25, 0.3) is 0 Å². The Morgan fingerprint density at radius 3 is 2.56 bits per heavy atom. The molecule has 144 valence electrons. The summed E-state index contributed by atoms with van der Waals surface area (Å²) in [5, 5.41) is 10.3. The predicted octanol–water partition coefficient (Wildman–Crippen LogP) is 4.05. The molecule has 1 N–H and O–H groups in total. The van der Waals surface area contributed by atoms with E-state index in [1.54, 1.807) is 13.2 Å². The zero-order valence-corrected chi connectivity index (χ0v) is 16.6. The van der Waals surface area contributed by atoms with Crippen molar-refractivity contribution in [3.63, 3.8) is 0 Å². The molecule has 0 amide bonds. The molecular weight excluding hydrogens is 364 g/mol. The van der Waals surface area contributed by atoms with E-state index in [1.165, 1.54) is 0 Å². The van der Waals surface area contributed by atoms with E-state index in [-0.39, 0.29) is 6.04 Å². The van der Waals surface area contributed by atoms with E-state index in [0.29, 0.717) is 23.7 Å². The summed E-state index contributed by atoms with van der Waals surface area (Å²) in [5.41, 5.74) is 3.00. The van der Waals surface area contributed by atoms with Crippen LogP contribution in [-0.4, -0.2) is 49.8 Å². The Labute approximate surface area is 165 Å². The average molecular weight is 389 g/mol. The summed E-state index contributed by atoms with van der Waals surface area (Å²) in [5.74, 6) is -0.0828. The number of likely N-dealkylation sites (tertiary alicyclic amines) is 1. The smallest absolute Gasteiger partial charge is 0.320 e. The van der Waals surface area contributed by atoms with Crippen molar-refractivity contribution in [2.75, 3.05) is 32.6 Å². The van der Waals surface area contributed by atoms with Crippen LogP contribution in [-0.2, 0) is 4.79 Å². The van der Waals surface area contributed by atoms with E-state index in [9.17, 15) is 9.90 Å². The number of aliphatic carboxylic acids is 1. The summed E-state index contributed by atoms with van der Waals surface area (Å²) in [6, 6.07) is 12.9. The minimum absolute atomic E-state index is 0.238. The number of halogens is 1. The normalized spacial score (nSPS) is 18.3. The third-order valence-electron chi connectivity index (χ3n) is 5.12. The first-order valence-electron chi connectivity index (χ1n) is 9.01. The van der Waals surface area contributed by atoms with Crippen LogP contribution in [0.5, 0.6) is 5.75 Å². The van der Waals surface area contributed by atoms with Crippen molar-refractivity contribution in [1.82, 2.24) is 4.90 Å². The molecule has 5 nitrogen and oxygen atoms in total. The fraction of sp³-hybridized carbons (Fsp3) is 0.381. The number of rotatable bonds is 6. The second-order valence-corrected chi connectivity index (χ2v) is 7.45. The highest BCUT2D eigenvalue weighted by Crippen LogP contribution is 2.40. The highest BCUT2D eigenvalue weighted by atomic mass is 35.5. The molecule has 6 heteroatoms. The van der Waals surface area contributed by atoms with Gasteiger partial charge < -0.3 is 14.7 Å². The van der Waals surface area contributed by atoms with Crippen molar-refractivity contribution in [3.05, 3.63) is 58.6 Å². The minimum atomic E-state index is -0.789. The van der Waals surface area contributed by atoms with Gasteiger partial charge in [-0.2, -0.15) is 0 Å². The van der Waals surface area contributed by atoms with Crippen LogP contribution < -0.4 is 9.64 Å². The van der Waals surface area contributed by atoms with E-state index >= 15 is 0 Å². The lowest BCUT2D eigenvalue weighted by molar-refractivity contribution is -0.142. The molecule has 1 heterocycles. The van der Waals surface area contributed by atoms with E-state index in [1.807, 2.05) is 48.2 Å². The molecule has 0 bridgehead atoms. The molecule has 27 heavy (non-hydrogen) atoms. The minimum Gasteiger partial charge on any atom is -0.496 e.